The molecule has 0 aliphatic carbocycles. The maximum atomic E-state index is 6.08. The van der Waals surface area contributed by atoms with Crippen LogP contribution in [0.5, 0.6) is 0 Å². The Labute approximate surface area is 312 Å². The normalized spacial score (nSPS) is 10.9. The Morgan fingerprint density at radius 3 is 2.10 bits per heavy atom. The maximum Gasteiger partial charge on any atom is 0.136 e. The first-order valence-corrected chi connectivity index (χ1v) is 16.8. The second kappa shape index (κ2) is 14.7. The molecule has 0 fully saturated rings. The third kappa shape index (κ3) is 6.90. The zero-order valence-electron chi connectivity index (χ0n) is 28.6. The van der Waals surface area contributed by atoms with Crippen LogP contribution in [0.3, 0.4) is 0 Å². The van der Waals surface area contributed by atoms with Crippen LogP contribution in [0.4, 0.5) is 0 Å². The van der Waals surface area contributed by atoms with E-state index in [1.54, 1.807) is 0 Å². The Bertz CT molecular complexity index is 2610. The van der Waals surface area contributed by atoms with Crippen molar-refractivity contribution in [1.29, 1.82) is 0 Å². The summed E-state index contributed by atoms with van der Waals surface area (Å²) in [6, 6.07) is 54.7. The molecule has 1 radical (unpaired) electrons. The molecule has 0 N–H and O–H groups in total. The monoisotopic (exact) mass is 835 g/mol. The molecular formula is C47H34IrN2O-2. The number of benzene rings is 6. The molecule has 0 aliphatic rings. The van der Waals surface area contributed by atoms with Gasteiger partial charge in [0.15, 0.2) is 0 Å². The molecule has 3 nitrogen and oxygen atoms in total. The molecule has 9 aromatic rings. The number of hydrogen-bond acceptors (Lipinski definition) is 3. The first-order chi connectivity index (χ1) is 24.5. The van der Waals surface area contributed by atoms with Gasteiger partial charge in [0.05, 0.1) is 0 Å². The summed E-state index contributed by atoms with van der Waals surface area (Å²) in [5.74, 6) is 0. The van der Waals surface area contributed by atoms with Crippen LogP contribution in [0.25, 0.3) is 77.5 Å². The third-order valence-electron chi connectivity index (χ3n) is 9.13. The smallest absolute Gasteiger partial charge is 0.136 e. The molecule has 4 heteroatoms. The number of pyridine rings is 2. The molecule has 6 aromatic carbocycles. The summed E-state index contributed by atoms with van der Waals surface area (Å²) >= 11 is 0. The quantitative estimate of drug-likeness (QED) is 0.166. The van der Waals surface area contributed by atoms with Gasteiger partial charge in [0.2, 0.25) is 0 Å². The third-order valence-corrected chi connectivity index (χ3v) is 9.13. The number of para-hydroxylation sites is 1. The van der Waals surface area contributed by atoms with Gasteiger partial charge in [-0.1, -0.05) is 97.9 Å². The summed E-state index contributed by atoms with van der Waals surface area (Å²) < 4.78 is 6.08. The van der Waals surface area contributed by atoms with Crippen LogP contribution in [0, 0.1) is 32.9 Å². The Balaban J connectivity index is 0.000000169. The second-order valence-electron chi connectivity index (χ2n) is 12.7. The molecule has 249 valence electrons. The standard InChI is InChI=1S/C28H18NO.C19H16N.Ir/c1-18-12-14-25(29-17-18)20-7-4-6-19(16-20)21-9-5-10-23-22(21)13-15-27-28(23)24-8-2-3-11-26(24)30-27;1-14-8-10-17(11-9-14)19-12-18(15(2)13-20-19)16-6-4-3-5-7-16;/h2-6,8-17H,1H3;3-10,12-13H,1-2H3;/q2*-1;. The Kier molecular flexibility index (Phi) is 9.72. The minimum atomic E-state index is 0. The van der Waals surface area contributed by atoms with E-state index in [0.29, 0.717) is 0 Å². The molecule has 0 bridgehead atoms. The zero-order chi connectivity index (χ0) is 34.0. The molecule has 3 aromatic heterocycles. The predicted octanol–water partition coefficient (Wildman–Crippen LogP) is 12.4. The summed E-state index contributed by atoms with van der Waals surface area (Å²) in [6.45, 7) is 6.21. The van der Waals surface area contributed by atoms with Gasteiger partial charge in [-0.3, -0.25) is 0 Å². The Hall–Kier alpha value is -5.67. The fourth-order valence-electron chi connectivity index (χ4n) is 6.50. The summed E-state index contributed by atoms with van der Waals surface area (Å²) in [5, 5.41) is 4.75. The van der Waals surface area contributed by atoms with Crippen molar-refractivity contribution in [2.45, 2.75) is 20.8 Å². The first-order valence-electron chi connectivity index (χ1n) is 16.8. The summed E-state index contributed by atoms with van der Waals surface area (Å²) in [5.41, 5.74) is 14.1. The van der Waals surface area contributed by atoms with Crippen LogP contribution in [0.2, 0.25) is 0 Å². The zero-order valence-corrected chi connectivity index (χ0v) is 31.0. The van der Waals surface area contributed by atoms with Crippen LogP contribution in [0.1, 0.15) is 16.7 Å². The number of fused-ring (bicyclic) bond motifs is 5. The van der Waals surface area contributed by atoms with E-state index < -0.39 is 0 Å². The minimum absolute atomic E-state index is 0. The van der Waals surface area contributed by atoms with Crippen molar-refractivity contribution in [3.63, 3.8) is 0 Å². The van der Waals surface area contributed by atoms with E-state index in [9.17, 15) is 0 Å². The van der Waals surface area contributed by atoms with Crippen molar-refractivity contribution >= 4 is 32.7 Å². The maximum absolute atomic E-state index is 6.08. The van der Waals surface area contributed by atoms with E-state index >= 15 is 0 Å². The van der Waals surface area contributed by atoms with Gasteiger partial charge >= 0.3 is 0 Å². The van der Waals surface area contributed by atoms with Gasteiger partial charge in [-0.15, -0.1) is 70.8 Å². The van der Waals surface area contributed by atoms with Gasteiger partial charge in [0.25, 0.3) is 0 Å². The number of aromatic nitrogens is 2. The van der Waals surface area contributed by atoms with Crippen LogP contribution >= 0.6 is 0 Å². The average molecular weight is 835 g/mol. The van der Waals surface area contributed by atoms with Gasteiger partial charge in [-0.2, -0.15) is 0 Å². The van der Waals surface area contributed by atoms with Gasteiger partial charge in [0, 0.05) is 43.3 Å². The van der Waals surface area contributed by atoms with E-state index in [-0.39, 0.29) is 20.1 Å². The van der Waals surface area contributed by atoms with Crippen LogP contribution in [-0.4, -0.2) is 9.97 Å². The van der Waals surface area contributed by atoms with Crippen LogP contribution in [0.15, 0.2) is 156 Å². The molecule has 0 atom stereocenters. The largest absolute Gasteiger partial charge is 0.456 e. The number of aryl methyl sites for hydroxylation is 3. The van der Waals surface area contributed by atoms with E-state index in [4.69, 9.17) is 4.42 Å². The number of furan rings is 1. The molecule has 0 saturated carbocycles. The van der Waals surface area contributed by atoms with Crippen LogP contribution < -0.4 is 0 Å². The van der Waals surface area contributed by atoms with Gasteiger partial charge in [0.1, 0.15) is 11.2 Å². The average Bonchev–Trinajstić information content (AvgIpc) is 3.56. The van der Waals surface area contributed by atoms with Crippen molar-refractivity contribution in [3.05, 3.63) is 181 Å². The number of rotatable bonds is 4. The van der Waals surface area contributed by atoms with E-state index in [1.165, 1.54) is 44.0 Å². The number of hydrogen-bond donors (Lipinski definition) is 0. The molecule has 9 rings (SSSR count). The van der Waals surface area contributed by atoms with Crippen molar-refractivity contribution < 1.29 is 24.5 Å². The fraction of sp³-hybridized carbons (Fsp3) is 0.0638. The molecule has 0 amide bonds. The van der Waals surface area contributed by atoms with Gasteiger partial charge < -0.3 is 14.4 Å². The summed E-state index contributed by atoms with van der Waals surface area (Å²) in [7, 11) is 0. The second-order valence-corrected chi connectivity index (χ2v) is 12.7. The summed E-state index contributed by atoms with van der Waals surface area (Å²) in [6.07, 6.45) is 3.83. The molecule has 3 heterocycles. The predicted molar refractivity (Wildman–Crippen MR) is 207 cm³/mol. The topological polar surface area (TPSA) is 38.9 Å². The Morgan fingerprint density at radius 1 is 0.510 bits per heavy atom. The fourth-order valence-corrected chi connectivity index (χ4v) is 6.50. The SMILES string of the molecule is Cc1c[c-]c(-c2cc(-c3ccccc3)c(C)cn2)cc1.Cc1ccc(-c2[c-]ccc(-c3cccc4c3ccc3oc5ccccc5c34)c2)nc1.[Ir]. The van der Waals surface area contributed by atoms with Gasteiger partial charge in [-0.05, 0) is 76.0 Å². The minimum Gasteiger partial charge on any atom is -0.456 e. The van der Waals surface area contributed by atoms with Crippen molar-refractivity contribution in [1.82, 2.24) is 9.97 Å². The van der Waals surface area contributed by atoms with E-state index in [1.807, 2.05) is 49.6 Å². The molecule has 0 spiro atoms. The molecule has 0 saturated heterocycles. The first kappa shape index (κ1) is 33.8. The van der Waals surface area contributed by atoms with Crippen molar-refractivity contribution in [3.8, 4) is 44.8 Å². The number of nitrogens with zero attached hydrogens (tertiary/aromatic N) is 2. The van der Waals surface area contributed by atoms with Crippen molar-refractivity contribution in [2.75, 3.05) is 0 Å². The van der Waals surface area contributed by atoms with Crippen molar-refractivity contribution in [2.24, 2.45) is 0 Å². The van der Waals surface area contributed by atoms with Crippen LogP contribution in [-0.2, 0) is 20.1 Å². The molecule has 51 heavy (non-hydrogen) atoms. The molecule has 0 unspecified atom stereocenters. The van der Waals surface area contributed by atoms with E-state index in [0.717, 1.165) is 50.2 Å². The van der Waals surface area contributed by atoms with E-state index in [2.05, 4.69) is 145 Å². The molecular weight excluding hydrogens is 801 g/mol. The summed E-state index contributed by atoms with van der Waals surface area (Å²) in [4.78, 5) is 9.10. The molecule has 0 aliphatic heterocycles. The Morgan fingerprint density at radius 2 is 1.29 bits per heavy atom. The van der Waals surface area contributed by atoms with Gasteiger partial charge in [-0.25, -0.2) is 0 Å².